The summed E-state index contributed by atoms with van der Waals surface area (Å²) in [7, 11) is 0. The molecular weight excluding hydrogens is 464 g/mol. The number of hydrogen-bond acceptors (Lipinski definition) is 2. The first-order valence-corrected chi connectivity index (χ1v) is 15.8. The van der Waals surface area contributed by atoms with E-state index in [2.05, 4.69) is 60.7 Å². The Bertz CT molecular complexity index is 1060. The Morgan fingerprint density at radius 2 is 0.816 bits per heavy atom. The van der Waals surface area contributed by atoms with Crippen molar-refractivity contribution in [2.24, 2.45) is 47.3 Å². The molecule has 8 bridgehead atoms. The Labute approximate surface area is 228 Å². The molecule has 38 heavy (non-hydrogen) atoms. The fourth-order valence-electron chi connectivity index (χ4n) is 11.3. The Balaban J connectivity index is 1.26. The van der Waals surface area contributed by atoms with Gasteiger partial charge < -0.3 is 10.2 Å². The van der Waals surface area contributed by atoms with Gasteiger partial charge in [-0.25, -0.2) is 0 Å². The first kappa shape index (κ1) is 23.9. The highest BCUT2D eigenvalue weighted by atomic mass is 16.3. The fourth-order valence-corrected chi connectivity index (χ4v) is 11.3. The number of benzene rings is 2. The quantitative estimate of drug-likeness (QED) is 0.421. The third-order valence-corrected chi connectivity index (χ3v) is 12.6. The van der Waals surface area contributed by atoms with Gasteiger partial charge in [-0.2, -0.15) is 0 Å². The Morgan fingerprint density at radius 3 is 1.13 bits per heavy atom. The van der Waals surface area contributed by atoms with Crippen molar-refractivity contribution in [1.29, 1.82) is 0 Å². The molecule has 0 spiro atoms. The van der Waals surface area contributed by atoms with Gasteiger partial charge in [-0.1, -0.05) is 66.2 Å². The topological polar surface area (TPSA) is 40.5 Å². The van der Waals surface area contributed by atoms with Gasteiger partial charge in [0.05, 0.1) is 11.2 Å². The summed E-state index contributed by atoms with van der Waals surface area (Å²) < 4.78 is 0. The van der Waals surface area contributed by atoms with Gasteiger partial charge in [0.15, 0.2) is 0 Å². The van der Waals surface area contributed by atoms with Gasteiger partial charge in [0.2, 0.25) is 0 Å². The Hall–Kier alpha value is -1.90. The Morgan fingerprint density at radius 1 is 0.500 bits per heavy atom. The second-order valence-electron chi connectivity index (χ2n) is 14.7. The molecule has 0 aromatic heterocycles. The van der Waals surface area contributed by atoms with Gasteiger partial charge in [-0.15, -0.1) is 0 Å². The van der Waals surface area contributed by atoms with E-state index >= 15 is 0 Å². The van der Waals surface area contributed by atoms with Crippen LogP contribution >= 0.6 is 0 Å². The van der Waals surface area contributed by atoms with Crippen LogP contribution in [0.25, 0.3) is 5.57 Å². The third-order valence-electron chi connectivity index (χ3n) is 12.6. The summed E-state index contributed by atoms with van der Waals surface area (Å²) in [5.74, 6) is 5.04. The summed E-state index contributed by atoms with van der Waals surface area (Å²) in [5.41, 5.74) is 3.81. The molecule has 8 saturated carbocycles. The minimum atomic E-state index is -0.625. The molecule has 0 radical (unpaired) electrons. The van der Waals surface area contributed by atoms with Crippen molar-refractivity contribution in [3.8, 4) is 0 Å². The molecule has 0 saturated heterocycles. The van der Waals surface area contributed by atoms with Crippen LogP contribution in [-0.4, -0.2) is 21.4 Å². The summed E-state index contributed by atoms with van der Waals surface area (Å²) in [6, 6.07) is 21.7. The predicted octanol–water partition coefficient (Wildman–Crippen LogP) is 7.64. The van der Waals surface area contributed by atoms with Crippen LogP contribution in [0.15, 0.2) is 66.2 Å². The zero-order valence-electron chi connectivity index (χ0n) is 22.8. The van der Waals surface area contributed by atoms with E-state index in [1.807, 2.05) is 0 Å². The van der Waals surface area contributed by atoms with E-state index in [1.54, 1.807) is 0 Å². The van der Waals surface area contributed by atoms with Crippen LogP contribution in [0, 0.1) is 47.3 Å². The maximum absolute atomic E-state index is 12.7. The van der Waals surface area contributed by atoms with Gasteiger partial charge in [-0.3, -0.25) is 0 Å². The van der Waals surface area contributed by atoms with Gasteiger partial charge in [-0.05, 0) is 141 Å². The minimum Gasteiger partial charge on any atom is -0.389 e. The highest BCUT2D eigenvalue weighted by Gasteiger charge is 2.59. The molecule has 0 unspecified atom stereocenters. The highest BCUT2D eigenvalue weighted by molar-refractivity contribution is 5.82. The molecule has 2 aromatic carbocycles. The number of rotatable bonds is 6. The summed E-state index contributed by atoms with van der Waals surface area (Å²) in [5, 5.41) is 25.3. The molecule has 0 amide bonds. The van der Waals surface area contributed by atoms with Crippen molar-refractivity contribution in [3.63, 3.8) is 0 Å². The first-order valence-electron chi connectivity index (χ1n) is 15.8. The third kappa shape index (κ3) is 3.73. The van der Waals surface area contributed by atoms with E-state index in [-0.39, 0.29) is 0 Å². The predicted molar refractivity (Wildman–Crippen MR) is 152 cm³/mol. The molecule has 2 nitrogen and oxygen atoms in total. The van der Waals surface area contributed by atoms with E-state index in [4.69, 9.17) is 0 Å². The van der Waals surface area contributed by atoms with Crippen molar-refractivity contribution < 1.29 is 10.2 Å². The smallest absolute Gasteiger partial charge is 0.0741 e. The molecule has 8 fully saturated rings. The van der Waals surface area contributed by atoms with Gasteiger partial charge >= 0.3 is 0 Å². The SMILES string of the molecule is OC1(CC(CC2(O)C3CC4CC(C3)CC2C4)=C(c2ccccc2)c2ccccc2)C2CC3CC(C2)CC1C3. The maximum atomic E-state index is 12.7. The molecule has 2 heteroatoms. The average molecular weight is 509 g/mol. The van der Waals surface area contributed by atoms with E-state index in [0.29, 0.717) is 23.7 Å². The van der Waals surface area contributed by atoms with Crippen LogP contribution in [-0.2, 0) is 0 Å². The van der Waals surface area contributed by atoms with E-state index < -0.39 is 11.2 Å². The molecule has 200 valence electrons. The fraction of sp³-hybridized carbons (Fsp3) is 0.611. The largest absolute Gasteiger partial charge is 0.389 e. The second kappa shape index (κ2) is 8.80. The van der Waals surface area contributed by atoms with Crippen LogP contribution in [0.5, 0.6) is 0 Å². The van der Waals surface area contributed by atoms with Crippen molar-refractivity contribution in [1.82, 2.24) is 0 Å². The second-order valence-corrected chi connectivity index (χ2v) is 14.7. The van der Waals surface area contributed by atoms with E-state index in [0.717, 1.165) is 36.5 Å². The van der Waals surface area contributed by atoms with Crippen LogP contribution in [0.4, 0.5) is 0 Å². The first-order chi connectivity index (χ1) is 18.5. The summed E-state index contributed by atoms with van der Waals surface area (Å²) in [4.78, 5) is 0. The zero-order valence-corrected chi connectivity index (χ0v) is 22.8. The van der Waals surface area contributed by atoms with Crippen LogP contribution in [0.3, 0.4) is 0 Å². The number of hydrogen-bond donors (Lipinski definition) is 2. The van der Waals surface area contributed by atoms with Gasteiger partial charge in [0.1, 0.15) is 0 Å². The number of aliphatic hydroxyl groups is 2. The molecule has 10 rings (SSSR count). The molecule has 0 heterocycles. The van der Waals surface area contributed by atoms with Crippen molar-refractivity contribution in [2.75, 3.05) is 0 Å². The monoisotopic (exact) mass is 508 g/mol. The molecule has 8 aliphatic carbocycles. The van der Waals surface area contributed by atoms with Crippen LogP contribution < -0.4 is 0 Å². The molecule has 2 N–H and O–H groups in total. The van der Waals surface area contributed by atoms with Crippen LogP contribution in [0.2, 0.25) is 0 Å². The molecular formula is C36H44O2. The lowest BCUT2D eigenvalue weighted by Gasteiger charge is -2.61. The molecule has 8 aliphatic rings. The lowest BCUT2D eigenvalue weighted by molar-refractivity contribution is -0.181. The molecule has 0 atom stereocenters. The summed E-state index contributed by atoms with van der Waals surface area (Å²) >= 11 is 0. The minimum absolute atomic E-state index is 0.426. The van der Waals surface area contributed by atoms with Crippen LogP contribution in [0.1, 0.15) is 88.2 Å². The molecule has 2 aromatic rings. The van der Waals surface area contributed by atoms with Gasteiger partial charge in [0.25, 0.3) is 0 Å². The lowest BCUT2D eigenvalue weighted by Crippen LogP contribution is -2.59. The zero-order chi connectivity index (χ0) is 25.5. The maximum Gasteiger partial charge on any atom is 0.0741 e. The van der Waals surface area contributed by atoms with E-state index in [1.165, 1.54) is 86.5 Å². The Kier molecular flexibility index (Phi) is 5.55. The lowest BCUT2D eigenvalue weighted by atomic mass is 9.47. The standard InChI is InChI=1S/C36H44O2/c37-35(30-13-23-11-24(15-30)16-31(35)14-23)21-29(22-36(38)32-17-25-12-26(19-32)20-33(36)18-25)34(27-7-3-1-4-8-27)28-9-5-2-6-10-28/h1-10,23-26,30-33,37-38H,11-22H2. The average Bonchev–Trinajstić information content (AvgIpc) is 2.91. The normalized spacial score (nSPS) is 43.9. The van der Waals surface area contributed by atoms with Gasteiger partial charge in [0, 0.05) is 0 Å². The summed E-state index contributed by atoms with van der Waals surface area (Å²) in [6.07, 6.45) is 13.9. The highest BCUT2D eigenvalue weighted by Crippen LogP contribution is 2.63. The van der Waals surface area contributed by atoms with Crippen molar-refractivity contribution in [2.45, 2.75) is 88.3 Å². The van der Waals surface area contributed by atoms with Crippen molar-refractivity contribution >= 4 is 5.57 Å². The van der Waals surface area contributed by atoms with E-state index in [9.17, 15) is 10.2 Å². The van der Waals surface area contributed by atoms with Crippen molar-refractivity contribution in [3.05, 3.63) is 77.4 Å². The summed E-state index contributed by atoms with van der Waals surface area (Å²) in [6.45, 7) is 0. The molecule has 0 aliphatic heterocycles.